The largest absolute Gasteiger partial charge is 0.384 e. The molecule has 0 aromatic heterocycles. The zero-order valence-corrected chi connectivity index (χ0v) is 20.2. The standard InChI is InChI=1S/C25H29N5O3S/c1-17(31)30(16-25(2,3)29-20-8-6-7-19(15-20)24(26)27)21-13-11-18(12-14-21)22-9-4-5-10-23(22)34(28,32)33/h4-15,29H,16H2,1-3H3,(H3,26,27)(H2,28,32,33). The van der Waals surface area contributed by atoms with Gasteiger partial charge in [0.2, 0.25) is 15.9 Å². The Morgan fingerprint density at radius 1 is 1.03 bits per heavy atom. The number of benzene rings is 3. The Balaban J connectivity index is 1.86. The lowest BCUT2D eigenvalue weighted by Gasteiger charge is -2.34. The van der Waals surface area contributed by atoms with Crippen LogP contribution in [0.15, 0.2) is 77.7 Å². The Hall–Kier alpha value is -3.69. The highest BCUT2D eigenvalue weighted by Crippen LogP contribution is 2.29. The number of carbonyl (C=O) groups excluding carboxylic acids is 1. The van der Waals surface area contributed by atoms with Crippen LogP contribution in [0, 0.1) is 5.41 Å². The second kappa shape index (κ2) is 9.66. The molecule has 0 saturated carbocycles. The molecule has 0 aliphatic rings. The summed E-state index contributed by atoms with van der Waals surface area (Å²) >= 11 is 0. The Morgan fingerprint density at radius 2 is 1.68 bits per heavy atom. The minimum atomic E-state index is -3.88. The molecular formula is C25H29N5O3S. The number of nitrogens with one attached hydrogen (secondary N) is 2. The van der Waals surface area contributed by atoms with Gasteiger partial charge in [0.05, 0.1) is 4.90 Å². The fourth-order valence-corrected chi connectivity index (χ4v) is 4.51. The van der Waals surface area contributed by atoms with E-state index in [1.54, 1.807) is 59.5 Å². The average molecular weight is 480 g/mol. The van der Waals surface area contributed by atoms with Crippen LogP contribution in [0.25, 0.3) is 11.1 Å². The molecule has 3 aromatic rings. The van der Waals surface area contributed by atoms with E-state index in [1.807, 2.05) is 26.0 Å². The lowest BCUT2D eigenvalue weighted by Crippen LogP contribution is -2.46. The van der Waals surface area contributed by atoms with Gasteiger partial charge in [-0.3, -0.25) is 10.2 Å². The fourth-order valence-electron chi connectivity index (χ4n) is 3.75. The molecule has 0 aliphatic carbocycles. The van der Waals surface area contributed by atoms with Gasteiger partial charge in [-0.1, -0.05) is 42.5 Å². The van der Waals surface area contributed by atoms with Gasteiger partial charge in [-0.25, -0.2) is 13.6 Å². The number of nitrogens with two attached hydrogens (primary N) is 2. The van der Waals surface area contributed by atoms with Crippen molar-refractivity contribution in [2.24, 2.45) is 10.9 Å². The molecule has 0 bridgehead atoms. The number of nitrogens with zero attached hydrogens (tertiary/aromatic N) is 1. The smallest absolute Gasteiger partial charge is 0.238 e. The molecule has 0 unspecified atom stereocenters. The number of carbonyl (C=O) groups is 1. The Bertz CT molecular complexity index is 1320. The Morgan fingerprint density at radius 3 is 2.26 bits per heavy atom. The number of anilines is 2. The first-order valence-corrected chi connectivity index (χ1v) is 12.1. The quantitative estimate of drug-likeness (QED) is 0.289. The molecule has 0 saturated heterocycles. The van der Waals surface area contributed by atoms with Gasteiger partial charge < -0.3 is 16.0 Å². The molecule has 0 atom stereocenters. The summed E-state index contributed by atoms with van der Waals surface area (Å²) in [5, 5.41) is 16.4. The van der Waals surface area contributed by atoms with Crippen molar-refractivity contribution in [3.63, 3.8) is 0 Å². The molecule has 0 heterocycles. The van der Waals surface area contributed by atoms with Crippen LogP contribution in [0.2, 0.25) is 0 Å². The van der Waals surface area contributed by atoms with Crippen molar-refractivity contribution >= 4 is 33.1 Å². The number of sulfonamides is 1. The summed E-state index contributed by atoms with van der Waals surface area (Å²) in [4.78, 5) is 14.2. The number of amides is 1. The SMILES string of the molecule is CC(=O)N(CC(C)(C)Nc1cccc(C(=N)N)c1)c1ccc(-c2ccccc2S(N)(=O)=O)cc1. The molecule has 1 amide bonds. The first kappa shape index (κ1) is 24.9. The molecule has 9 heteroatoms. The van der Waals surface area contributed by atoms with Gasteiger partial charge in [0.25, 0.3) is 0 Å². The van der Waals surface area contributed by atoms with Crippen LogP contribution in [0.3, 0.4) is 0 Å². The predicted octanol–water partition coefficient (Wildman–Crippen LogP) is 3.53. The minimum Gasteiger partial charge on any atom is -0.384 e. The normalized spacial score (nSPS) is 11.6. The van der Waals surface area contributed by atoms with Crippen LogP contribution in [0.1, 0.15) is 26.3 Å². The van der Waals surface area contributed by atoms with E-state index < -0.39 is 15.6 Å². The Labute approximate surface area is 200 Å². The number of hydrogen-bond acceptors (Lipinski definition) is 5. The van der Waals surface area contributed by atoms with Gasteiger partial charge in [-0.2, -0.15) is 0 Å². The maximum absolute atomic E-state index is 12.5. The van der Waals surface area contributed by atoms with E-state index in [1.165, 1.54) is 13.0 Å². The van der Waals surface area contributed by atoms with Crippen LogP contribution >= 0.6 is 0 Å². The van der Waals surface area contributed by atoms with Crippen LogP contribution in [-0.2, 0) is 14.8 Å². The van der Waals surface area contributed by atoms with E-state index in [9.17, 15) is 13.2 Å². The van der Waals surface area contributed by atoms with Crippen LogP contribution in [0.4, 0.5) is 11.4 Å². The molecule has 0 spiro atoms. The van der Waals surface area contributed by atoms with Crippen LogP contribution in [-0.4, -0.2) is 32.2 Å². The lowest BCUT2D eigenvalue weighted by molar-refractivity contribution is -0.116. The monoisotopic (exact) mass is 479 g/mol. The van der Waals surface area contributed by atoms with Crippen molar-refractivity contribution < 1.29 is 13.2 Å². The third kappa shape index (κ3) is 6.00. The molecular weight excluding hydrogens is 450 g/mol. The van der Waals surface area contributed by atoms with Crippen molar-refractivity contribution in [3.8, 4) is 11.1 Å². The predicted molar refractivity (Wildman–Crippen MR) is 136 cm³/mol. The van der Waals surface area contributed by atoms with Crippen LogP contribution < -0.4 is 21.1 Å². The highest BCUT2D eigenvalue weighted by Gasteiger charge is 2.25. The van der Waals surface area contributed by atoms with E-state index in [2.05, 4.69) is 5.32 Å². The van der Waals surface area contributed by atoms with Gasteiger partial charge >= 0.3 is 0 Å². The zero-order chi connectivity index (χ0) is 25.1. The summed E-state index contributed by atoms with van der Waals surface area (Å²) in [5.41, 5.74) is 8.33. The number of rotatable bonds is 8. The molecule has 178 valence electrons. The maximum atomic E-state index is 12.5. The van der Waals surface area contributed by atoms with Crippen molar-refractivity contribution in [2.45, 2.75) is 31.2 Å². The molecule has 34 heavy (non-hydrogen) atoms. The second-order valence-corrected chi connectivity index (χ2v) is 10.2. The third-order valence-electron chi connectivity index (χ3n) is 5.27. The van der Waals surface area contributed by atoms with Crippen molar-refractivity contribution in [2.75, 3.05) is 16.8 Å². The summed E-state index contributed by atoms with van der Waals surface area (Å²) in [6.07, 6.45) is 0. The summed E-state index contributed by atoms with van der Waals surface area (Å²) in [6, 6.07) is 20.9. The second-order valence-electron chi connectivity index (χ2n) is 8.70. The molecule has 3 rings (SSSR count). The van der Waals surface area contributed by atoms with Gasteiger partial charge in [-0.15, -0.1) is 0 Å². The number of nitrogen functional groups attached to an aromatic ring is 1. The Kier molecular flexibility index (Phi) is 7.09. The molecule has 6 N–H and O–H groups in total. The summed E-state index contributed by atoms with van der Waals surface area (Å²) in [5.74, 6) is -0.152. The van der Waals surface area contributed by atoms with E-state index >= 15 is 0 Å². The lowest BCUT2D eigenvalue weighted by atomic mass is 10.0. The molecule has 3 aromatic carbocycles. The van der Waals surface area contributed by atoms with Crippen LogP contribution in [0.5, 0.6) is 0 Å². The summed E-state index contributed by atoms with van der Waals surface area (Å²) in [7, 11) is -3.88. The topological polar surface area (TPSA) is 142 Å². The first-order chi connectivity index (χ1) is 15.9. The van der Waals surface area contributed by atoms with Crippen molar-refractivity contribution in [1.29, 1.82) is 5.41 Å². The number of hydrogen-bond donors (Lipinski definition) is 4. The first-order valence-electron chi connectivity index (χ1n) is 10.6. The highest BCUT2D eigenvalue weighted by atomic mass is 32.2. The van der Waals surface area contributed by atoms with E-state index in [4.69, 9.17) is 16.3 Å². The van der Waals surface area contributed by atoms with Gasteiger partial charge in [0.1, 0.15) is 5.84 Å². The third-order valence-corrected chi connectivity index (χ3v) is 6.24. The summed E-state index contributed by atoms with van der Waals surface area (Å²) in [6.45, 7) is 5.80. The highest BCUT2D eigenvalue weighted by molar-refractivity contribution is 7.89. The zero-order valence-electron chi connectivity index (χ0n) is 19.4. The van der Waals surface area contributed by atoms with Crippen molar-refractivity contribution in [1.82, 2.24) is 0 Å². The average Bonchev–Trinajstić information content (AvgIpc) is 2.77. The molecule has 0 radical (unpaired) electrons. The van der Waals surface area contributed by atoms with Gasteiger partial charge in [0.15, 0.2) is 0 Å². The van der Waals surface area contributed by atoms with E-state index in [-0.39, 0.29) is 16.6 Å². The fraction of sp³-hybridized carbons (Fsp3) is 0.200. The maximum Gasteiger partial charge on any atom is 0.238 e. The van der Waals surface area contributed by atoms with Gasteiger partial charge in [0, 0.05) is 41.5 Å². The number of primary sulfonamides is 1. The van der Waals surface area contributed by atoms with E-state index in [0.29, 0.717) is 28.9 Å². The molecule has 0 aliphatic heterocycles. The molecule has 8 nitrogen and oxygen atoms in total. The van der Waals surface area contributed by atoms with E-state index in [0.717, 1.165) is 5.69 Å². The summed E-state index contributed by atoms with van der Waals surface area (Å²) < 4.78 is 23.9. The minimum absolute atomic E-state index is 0.0177. The number of amidine groups is 1. The van der Waals surface area contributed by atoms with Crippen molar-refractivity contribution in [3.05, 3.63) is 78.4 Å². The molecule has 0 fully saturated rings. The van der Waals surface area contributed by atoms with Gasteiger partial charge in [-0.05, 0) is 49.7 Å².